The molecule has 0 saturated carbocycles. The highest BCUT2D eigenvalue weighted by atomic mass is 35.5. The third-order valence-corrected chi connectivity index (χ3v) is 4.10. The molecule has 3 rings (SSSR count). The molecule has 0 saturated heterocycles. The SMILES string of the molecule is CCc1nc2ncnn2c(NC(C)c2ccc(C)cc2)c1Cl. The van der Waals surface area contributed by atoms with Gasteiger partial charge in [0.1, 0.15) is 11.3 Å². The van der Waals surface area contributed by atoms with Crippen LogP contribution in [0, 0.1) is 6.92 Å². The van der Waals surface area contributed by atoms with E-state index < -0.39 is 0 Å². The zero-order chi connectivity index (χ0) is 15.7. The van der Waals surface area contributed by atoms with Crippen LogP contribution in [0.4, 0.5) is 5.82 Å². The van der Waals surface area contributed by atoms with Gasteiger partial charge in [0.05, 0.1) is 5.69 Å². The Morgan fingerprint density at radius 2 is 2.00 bits per heavy atom. The van der Waals surface area contributed by atoms with Crippen LogP contribution in [0.1, 0.15) is 36.7 Å². The molecular formula is C16H18ClN5. The van der Waals surface area contributed by atoms with E-state index in [2.05, 4.69) is 58.5 Å². The second-order valence-electron chi connectivity index (χ2n) is 5.32. The maximum atomic E-state index is 6.49. The molecule has 2 aromatic heterocycles. The minimum Gasteiger partial charge on any atom is -0.362 e. The molecular weight excluding hydrogens is 298 g/mol. The molecule has 1 unspecified atom stereocenters. The molecule has 1 N–H and O–H groups in total. The number of fused-ring (bicyclic) bond motifs is 1. The topological polar surface area (TPSA) is 55.1 Å². The van der Waals surface area contributed by atoms with Gasteiger partial charge in [0, 0.05) is 6.04 Å². The normalized spacial score (nSPS) is 12.5. The highest BCUT2D eigenvalue weighted by Crippen LogP contribution is 2.29. The van der Waals surface area contributed by atoms with Crippen molar-refractivity contribution in [2.24, 2.45) is 0 Å². The van der Waals surface area contributed by atoms with E-state index >= 15 is 0 Å². The fourth-order valence-electron chi connectivity index (χ4n) is 2.37. The van der Waals surface area contributed by atoms with Crippen LogP contribution in [-0.4, -0.2) is 19.6 Å². The standard InChI is InChI=1S/C16H18ClN5/c1-4-13-14(17)15(22-16(21-13)18-9-19-22)20-11(3)12-7-5-10(2)6-8-12/h5-9,11,20H,4H2,1-3H3. The summed E-state index contributed by atoms with van der Waals surface area (Å²) < 4.78 is 1.65. The Morgan fingerprint density at radius 3 is 2.68 bits per heavy atom. The number of anilines is 1. The van der Waals surface area contributed by atoms with Crippen molar-refractivity contribution >= 4 is 23.2 Å². The number of nitrogens with one attached hydrogen (secondary N) is 1. The van der Waals surface area contributed by atoms with Gasteiger partial charge in [0.25, 0.3) is 5.78 Å². The Morgan fingerprint density at radius 1 is 1.27 bits per heavy atom. The van der Waals surface area contributed by atoms with Crippen LogP contribution in [0.15, 0.2) is 30.6 Å². The van der Waals surface area contributed by atoms with Crippen molar-refractivity contribution in [2.75, 3.05) is 5.32 Å². The van der Waals surface area contributed by atoms with Crippen LogP contribution in [0.25, 0.3) is 5.78 Å². The summed E-state index contributed by atoms with van der Waals surface area (Å²) in [6.45, 7) is 6.19. The molecule has 0 aliphatic heterocycles. The first kappa shape index (κ1) is 14.8. The minimum atomic E-state index is 0.0950. The predicted octanol–water partition coefficient (Wildman–Crippen LogP) is 3.82. The van der Waals surface area contributed by atoms with Gasteiger partial charge in [-0.1, -0.05) is 48.4 Å². The van der Waals surface area contributed by atoms with Gasteiger partial charge < -0.3 is 5.32 Å². The van der Waals surface area contributed by atoms with Crippen molar-refractivity contribution in [3.63, 3.8) is 0 Å². The van der Waals surface area contributed by atoms with E-state index in [1.54, 1.807) is 4.52 Å². The molecule has 114 valence electrons. The second kappa shape index (κ2) is 5.93. The van der Waals surface area contributed by atoms with Crippen molar-refractivity contribution < 1.29 is 0 Å². The zero-order valence-corrected chi connectivity index (χ0v) is 13.6. The third kappa shape index (κ3) is 2.64. The molecule has 0 spiro atoms. The molecule has 2 heterocycles. The number of aromatic nitrogens is 4. The van der Waals surface area contributed by atoms with E-state index in [0.717, 1.165) is 17.9 Å². The lowest BCUT2D eigenvalue weighted by Crippen LogP contribution is -2.13. The number of rotatable bonds is 4. The summed E-state index contributed by atoms with van der Waals surface area (Å²) in [4.78, 5) is 8.59. The maximum absolute atomic E-state index is 6.49. The van der Waals surface area contributed by atoms with Crippen molar-refractivity contribution in [1.29, 1.82) is 0 Å². The summed E-state index contributed by atoms with van der Waals surface area (Å²) in [6.07, 6.45) is 2.23. The molecule has 0 radical (unpaired) electrons. The lowest BCUT2D eigenvalue weighted by Gasteiger charge is -2.18. The Labute approximate surface area is 134 Å². The summed E-state index contributed by atoms with van der Waals surface area (Å²) in [5.74, 6) is 1.29. The summed E-state index contributed by atoms with van der Waals surface area (Å²) >= 11 is 6.49. The third-order valence-electron chi connectivity index (χ3n) is 3.70. The molecule has 0 bridgehead atoms. The van der Waals surface area contributed by atoms with E-state index in [-0.39, 0.29) is 6.04 Å². The molecule has 1 aromatic carbocycles. The molecule has 0 amide bonds. The Kier molecular flexibility index (Phi) is 3.98. The first-order valence-corrected chi connectivity index (χ1v) is 7.69. The van der Waals surface area contributed by atoms with E-state index in [9.17, 15) is 0 Å². The van der Waals surface area contributed by atoms with Crippen molar-refractivity contribution in [1.82, 2.24) is 19.6 Å². The highest BCUT2D eigenvalue weighted by Gasteiger charge is 2.16. The zero-order valence-electron chi connectivity index (χ0n) is 12.8. The van der Waals surface area contributed by atoms with Gasteiger partial charge in [-0.05, 0) is 25.8 Å². The average molecular weight is 316 g/mol. The predicted molar refractivity (Wildman–Crippen MR) is 88.4 cm³/mol. The lowest BCUT2D eigenvalue weighted by molar-refractivity contribution is 0.833. The van der Waals surface area contributed by atoms with E-state index in [1.807, 2.05) is 6.92 Å². The fourth-order valence-corrected chi connectivity index (χ4v) is 2.68. The van der Waals surface area contributed by atoms with E-state index in [1.165, 1.54) is 17.5 Å². The molecule has 0 aliphatic rings. The number of hydrogen-bond acceptors (Lipinski definition) is 4. The molecule has 5 nitrogen and oxygen atoms in total. The van der Waals surface area contributed by atoms with Crippen LogP contribution in [0.3, 0.4) is 0 Å². The second-order valence-corrected chi connectivity index (χ2v) is 5.70. The van der Waals surface area contributed by atoms with Gasteiger partial charge in [-0.15, -0.1) is 0 Å². The van der Waals surface area contributed by atoms with E-state index in [0.29, 0.717) is 10.8 Å². The van der Waals surface area contributed by atoms with Gasteiger partial charge in [-0.25, -0.2) is 4.98 Å². The molecule has 0 aliphatic carbocycles. The average Bonchev–Trinajstić information content (AvgIpc) is 2.98. The first-order valence-electron chi connectivity index (χ1n) is 7.31. The molecule has 3 aromatic rings. The van der Waals surface area contributed by atoms with Crippen molar-refractivity contribution in [3.8, 4) is 0 Å². The van der Waals surface area contributed by atoms with Gasteiger partial charge in [0.15, 0.2) is 5.82 Å². The number of halogens is 1. The summed E-state index contributed by atoms with van der Waals surface area (Å²) in [6, 6.07) is 8.52. The molecule has 22 heavy (non-hydrogen) atoms. The van der Waals surface area contributed by atoms with Crippen molar-refractivity contribution in [3.05, 3.63) is 52.4 Å². The smallest absolute Gasteiger partial charge is 0.254 e. The maximum Gasteiger partial charge on any atom is 0.254 e. The molecule has 6 heteroatoms. The van der Waals surface area contributed by atoms with Crippen LogP contribution in [0.5, 0.6) is 0 Å². The van der Waals surface area contributed by atoms with Gasteiger partial charge >= 0.3 is 0 Å². The first-order chi connectivity index (χ1) is 10.6. The number of aryl methyl sites for hydroxylation is 2. The Hall–Kier alpha value is -2.14. The summed E-state index contributed by atoms with van der Waals surface area (Å²) in [7, 11) is 0. The number of hydrogen-bond donors (Lipinski definition) is 1. The van der Waals surface area contributed by atoms with Crippen LogP contribution in [0.2, 0.25) is 5.02 Å². The highest BCUT2D eigenvalue weighted by molar-refractivity contribution is 6.33. The van der Waals surface area contributed by atoms with Crippen molar-refractivity contribution in [2.45, 2.75) is 33.2 Å². The Bertz CT molecular complexity index is 794. The molecule has 0 fully saturated rings. The van der Waals surface area contributed by atoms with Gasteiger partial charge in [0.2, 0.25) is 0 Å². The summed E-state index contributed by atoms with van der Waals surface area (Å²) in [5.41, 5.74) is 3.25. The monoisotopic (exact) mass is 315 g/mol. The van der Waals surface area contributed by atoms with Gasteiger partial charge in [-0.2, -0.15) is 14.6 Å². The minimum absolute atomic E-state index is 0.0950. The number of benzene rings is 1. The Balaban J connectivity index is 2.00. The quantitative estimate of drug-likeness (QED) is 0.795. The number of nitrogens with zero attached hydrogens (tertiary/aromatic N) is 4. The van der Waals surface area contributed by atoms with Gasteiger partial charge in [-0.3, -0.25) is 0 Å². The molecule has 1 atom stereocenters. The van der Waals surface area contributed by atoms with Crippen LogP contribution in [-0.2, 0) is 6.42 Å². The van der Waals surface area contributed by atoms with Crippen LogP contribution >= 0.6 is 11.6 Å². The van der Waals surface area contributed by atoms with Crippen LogP contribution < -0.4 is 5.32 Å². The lowest BCUT2D eigenvalue weighted by atomic mass is 10.1. The fraction of sp³-hybridized carbons (Fsp3) is 0.312. The largest absolute Gasteiger partial charge is 0.362 e. The summed E-state index contributed by atoms with van der Waals surface area (Å²) in [5, 5.41) is 8.25. The van der Waals surface area contributed by atoms with E-state index in [4.69, 9.17) is 11.6 Å².